The van der Waals surface area contributed by atoms with Crippen molar-refractivity contribution in [3.8, 4) is 0 Å². The first-order chi connectivity index (χ1) is 4.50. The van der Waals surface area contributed by atoms with Crippen LogP contribution in [0.2, 0.25) is 0 Å². The summed E-state index contributed by atoms with van der Waals surface area (Å²) in [5.74, 6) is 0. The maximum absolute atomic E-state index is 10.5. The molecule has 0 radical (unpaired) electrons. The van der Waals surface area contributed by atoms with Crippen molar-refractivity contribution in [2.45, 2.75) is 5.03 Å². The van der Waals surface area contributed by atoms with E-state index in [1.807, 2.05) is 0 Å². The van der Waals surface area contributed by atoms with Crippen LogP contribution in [0.3, 0.4) is 0 Å². The molecule has 0 aliphatic heterocycles. The highest BCUT2D eigenvalue weighted by Crippen LogP contribution is 1.99. The van der Waals surface area contributed by atoms with E-state index in [9.17, 15) is 8.42 Å². The van der Waals surface area contributed by atoms with E-state index < -0.39 is 10.0 Å². The molecule has 7 heteroatoms. The largest absolute Gasteiger partial charge is 0.339 e. The van der Waals surface area contributed by atoms with Crippen LogP contribution in [0.1, 0.15) is 0 Å². The highest BCUT2D eigenvalue weighted by atomic mass is 35.5. The third kappa shape index (κ3) is 2.49. The fraction of sp³-hybridized carbons (Fsp3) is 0.250. The molecule has 0 unspecified atom stereocenters. The summed E-state index contributed by atoms with van der Waals surface area (Å²) in [7, 11) is -1.95. The number of primary sulfonamides is 1. The highest BCUT2D eigenvalue weighted by Gasteiger charge is 2.09. The maximum Gasteiger partial charge on any atom is 0.257 e. The van der Waals surface area contributed by atoms with Crippen molar-refractivity contribution in [3.63, 3.8) is 0 Å². The van der Waals surface area contributed by atoms with E-state index in [0.29, 0.717) is 0 Å². The Morgan fingerprint density at radius 1 is 1.64 bits per heavy atom. The Hall–Kier alpha value is -0.590. The summed E-state index contributed by atoms with van der Waals surface area (Å²) < 4.78 is 22.6. The van der Waals surface area contributed by atoms with Crippen LogP contribution in [0, 0.1) is 0 Å². The topological polar surface area (TPSA) is 78.0 Å². The van der Waals surface area contributed by atoms with Gasteiger partial charge in [0.25, 0.3) is 10.0 Å². The molecule has 1 rings (SSSR count). The Bertz CT molecular complexity index is 331. The molecule has 1 aromatic heterocycles. The van der Waals surface area contributed by atoms with Crippen molar-refractivity contribution in [1.82, 2.24) is 9.55 Å². The number of nitrogens with zero attached hydrogens (tertiary/aromatic N) is 2. The summed E-state index contributed by atoms with van der Waals surface area (Å²) in [6.45, 7) is 0. The Balaban J connectivity index is 0.000001000. The number of aryl methyl sites for hydroxylation is 1. The van der Waals surface area contributed by atoms with E-state index in [4.69, 9.17) is 5.14 Å². The Labute approximate surface area is 70.7 Å². The molecule has 5 nitrogen and oxygen atoms in total. The second kappa shape index (κ2) is 3.21. The molecule has 1 heterocycles. The van der Waals surface area contributed by atoms with Gasteiger partial charge in [-0.05, 0) is 0 Å². The molecule has 0 saturated carbocycles. The molecular weight excluding hydrogens is 190 g/mol. The van der Waals surface area contributed by atoms with Crippen molar-refractivity contribution >= 4 is 22.4 Å². The normalized spacial score (nSPS) is 10.7. The van der Waals surface area contributed by atoms with Gasteiger partial charge in [0.15, 0.2) is 5.03 Å². The number of nitrogens with two attached hydrogens (primary N) is 1. The van der Waals surface area contributed by atoms with E-state index in [1.54, 1.807) is 7.05 Å². The second-order valence-electron chi connectivity index (χ2n) is 1.92. The van der Waals surface area contributed by atoms with Crippen LogP contribution in [-0.4, -0.2) is 18.0 Å². The predicted octanol–water partition coefficient (Wildman–Crippen LogP) is -0.511. The maximum atomic E-state index is 10.5. The monoisotopic (exact) mass is 197 g/mol. The molecule has 0 spiro atoms. The summed E-state index contributed by atoms with van der Waals surface area (Å²) in [4.78, 5) is 3.54. The predicted molar refractivity (Wildman–Crippen MR) is 41.8 cm³/mol. The molecule has 0 bridgehead atoms. The van der Waals surface area contributed by atoms with Crippen LogP contribution in [0.25, 0.3) is 0 Å². The molecule has 0 atom stereocenters. The first-order valence-electron chi connectivity index (χ1n) is 2.51. The van der Waals surface area contributed by atoms with Gasteiger partial charge in [-0.15, -0.1) is 12.4 Å². The van der Waals surface area contributed by atoms with Gasteiger partial charge in [-0.2, -0.15) is 0 Å². The molecule has 0 amide bonds. The lowest BCUT2D eigenvalue weighted by atomic mass is 10.9. The zero-order valence-electron chi connectivity index (χ0n) is 5.76. The van der Waals surface area contributed by atoms with E-state index in [2.05, 4.69) is 4.98 Å². The number of halogens is 1. The first kappa shape index (κ1) is 10.4. The lowest BCUT2D eigenvalue weighted by Crippen LogP contribution is -2.12. The van der Waals surface area contributed by atoms with Gasteiger partial charge < -0.3 is 4.57 Å². The fourth-order valence-corrected chi connectivity index (χ4v) is 1.04. The van der Waals surface area contributed by atoms with Crippen LogP contribution < -0.4 is 5.14 Å². The number of aromatic nitrogens is 2. The second-order valence-corrected chi connectivity index (χ2v) is 3.43. The summed E-state index contributed by atoms with van der Waals surface area (Å²) in [6, 6.07) is 0. The quantitative estimate of drug-likeness (QED) is 0.659. The van der Waals surface area contributed by atoms with Crippen LogP contribution in [0.15, 0.2) is 17.6 Å². The summed E-state index contributed by atoms with van der Waals surface area (Å²) in [5.41, 5.74) is 0. The van der Waals surface area contributed by atoms with E-state index >= 15 is 0 Å². The number of sulfonamides is 1. The van der Waals surface area contributed by atoms with Gasteiger partial charge in [0.05, 0.1) is 6.33 Å². The van der Waals surface area contributed by atoms with E-state index in [1.165, 1.54) is 17.1 Å². The molecule has 2 N–H and O–H groups in total. The molecular formula is C4H8ClN3O2S. The average Bonchev–Trinajstić information content (AvgIpc) is 2.11. The van der Waals surface area contributed by atoms with Crippen molar-refractivity contribution in [3.05, 3.63) is 12.5 Å². The lowest BCUT2D eigenvalue weighted by molar-refractivity contribution is 0.594. The zero-order valence-corrected chi connectivity index (χ0v) is 7.39. The summed E-state index contributed by atoms with van der Waals surface area (Å²) in [6.07, 6.45) is 2.72. The summed E-state index contributed by atoms with van der Waals surface area (Å²) >= 11 is 0. The van der Waals surface area contributed by atoms with Gasteiger partial charge in [-0.3, -0.25) is 0 Å². The third-order valence-electron chi connectivity index (χ3n) is 0.973. The van der Waals surface area contributed by atoms with Gasteiger partial charge in [0, 0.05) is 13.2 Å². The number of rotatable bonds is 1. The van der Waals surface area contributed by atoms with Crippen LogP contribution in [0.5, 0.6) is 0 Å². The minimum atomic E-state index is -3.61. The summed E-state index contributed by atoms with van der Waals surface area (Å²) in [5, 5.41) is 4.66. The third-order valence-corrected chi connectivity index (χ3v) is 1.77. The van der Waals surface area contributed by atoms with E-state index in [0.717, 1.165) is 0 Å². The van der Waals surface area contributed by atoms with Crippen molar-refractivity contribution in [2.24, 2.45) is 12.2 Å². The smallest absolute Gasteiger partial charge is 0.257 e. The molecule has 0 aliphatic rings. The number of hydrogen-bond acceptors (Lipinski definition) is 3. The van der Waals surface area contributed by atoms with Crippen LogP contribution in [-0.2, 0) is 17.1 Å². The molecule has 0 aliphatic carbocycles. The molecule has 0 saturated heterocycles. The van der Waals surface area contributed by atoms with Gasteiger partial charge >= 0.3 is 0 Å². The molecule has 1 aromatic rings. The Kier molecular flexibility index (Phi) is 3.03. The van der Waals surface area contributed by atoms with Crippen molar-refractivity contribution in [2.75, 3.05) is 0 Å². The minimum absolute atomic E-state index is 0. The van der Waals surface area contributed by atoms with Gasteiger partial charge in [0.2, 0.25) is 0 Å². The number of hydrogen-bond donors (Lipinski definition) is 1. The highest BCUT2D eigenvalue weighted by molar-refractivity contribution is 7.89. The standard InChI is InChI=1S/C4H7N3O2S.ClH/c1-7-2-4(6-3-7)10(5,8)9;/h2-3H,1H3,(H2,5,8,9);1H. The zero-order chi connectivity index (χ0) is 7.78. The molecule has 0 aromatic carbocycles. The van der Waals surface area contributed by atoms with Crippen molar-refractivity contribution in [1.29, 1.82) is 0 Å². The molecule has 64 valence electrons. The SMILES string of the molecule is Cl.Cn1cnc(S(N)(=O)=O)c1. The molecule has 0 fully saturated rings. The van der Waals surface area contributed by atoms with E-state index in [-0.39, 0.29) is 17.4 Å². The Morgan fingerprint density at radius 3 is 2.36 bits per heavy atom. The molecule has 11 heavy (non-hydrogen) atoms. The first-order valence-corrected chi connectivity index (χ1v) is 4.05. The Morgan fingerprint density at radius 2 is 2.18 bits per heavy atom. The van der Waals surface area contributed by atoms with Gasteiger partial charge in [-0.1, -0.05) is 0 Å². The van der Waals surface area contributed by atoms with Gasteiger partial charge in [0.1, 0.15) is 0 Å². The number of imidazole rings is 1. The fourth-order valence-electron chi connectivity index (χ4n) is 0.536. The average molecular weight is 198 g/mol. The van der Waals surface area contributed by atoms with Crippen molar-refractivity contribution < 1.29 is 8.42 Å². The van der Waals surface area contributed by atoms with Gasteiger partial charge in [-0.25, -0.2) is 18.5 Å². The van der Waals surface area contributed by atoms with Crippen LogP contribution in [0.4, 0.5) is 0 Å². The van der Waals surface area contributed by atoms with Crippen LogP contribution >= 0.6 is 12.4 Å². The minimum Gasteiger partial charge on any atom is -0.339 e. The lowest BCUT2D eigenvalue weighted by Gasteiger charge is -1.86.